The molecule has 0 fully saturated rings. The largest absolute Gasteiger partial charge is 2.00 e. The maximum Gasteiger partial charge on any atom is 2.00 e. The molecule has 0 aliphatic rings. The molecule has 0 aliphatic carbocycles. The standard InChI is InChI=1S/C41H38N4OS.Pt/c1-6-11-34-27(3)21-28(4)35(12-7-2)41(34)29-25-43-44(26-29)30-13-10-14-31(22-30)46-32-17-18-37-36-15-8-9-16-38(36)45(39(37)23-32)40-24-33(47-5)19-20-42-40;/h8-10,13-21,24-26H,6-7,11-12H2,1-5H3;/q-2;+2. The van der Waals surface area contributed by atoms with Gasteiger partial charge >= 0.3 is 21.1 Å². The van der Waals surface area contributed by atoms with Crippen molar-refractivity contribution in [1.29, 1.82) is 0 Å². The van der Waals surface area contributed by atoms with E-state index >= 15 is 0 Å². The fourth-order valence-electron chi connectivity index (χ4n) is 6.72. The summed E-state index contributed by atoms with van der Waals surface area (Å²) in [5.74, 6) is 2.07. The molecule has 48 heavy (non-hydrogen) atoms. The molecule has 3 aromatic heterocycles. The number of benzene rings is 4. The van der Waals surface area contributed by atoms with Gasteiger partial charge in [-0.05, 0) is 90.0 Å². The number of para-hydroxylation sites is 1. The fraction of sp³-hybridized carbons (Fsp3) is 0.220. The van der Waals surface area contributed by atoms with Crippen LogP contribution in [0.5, 0.6) is 11.5 Å². The molecule has 0 N–H and O–H groups in total. The molecule has 0 aliphatic heterocycles. The average molecular weight is 830 g/mol. The van der Waals surface area contributed by atoms with E-state index in [0.29, 0.717) is 11.5 Å². The van der Waals surface area contributed by atoms with Crippen LogP contribution >= 0.6 is 11.8 Å². The third-order valence-electron chi connectivity index (χ3n) is 8.82. The number of pyridine rings is 1. The molecule has 4 aromatic carbocycles. The summed E-state index contributed by atoms with van der Waals surface area (Å²) in [6.07, 6.45) is 12.4. The van der Waals surface area contributed by atoms with Crippen LogP contribution in [0.1, 0.15) is 48.9 Å². The molecule has 0 atom stereocenters. The predicted molar refractivity (Wildman–Crippen MR) is 195 cm³/mol. The first-order valence-corrected chi connectivity index (χ1v) is 17.5. The van der Waals surface area contributed by atoms with Crippen molar-refractivity contribution in [3.05, 3.63) is 126 Å². The Hall–Kier alpha value is -4.12. The predicted octanol–water partition coefficient (Wildman–Crippen LogP) is 10.7. The summed E-state index contributed by atoms with van der Waals surface area (Å²) in [4.78, 5) is 5.88. The van der Waals surface area contributed by atoms with Crippen molar-refractivity contribution in [1.82, 2.24) is 19.3 Å². The Morgan fingerprint density at radius 3 is 2.31 bits per heavy atom. The summed E-state index contributed by atoms with van der Waals surface area (Å²) < 4.78 is 10.5. The summed E-state index contributed by atoms with van der Waals surface area (Å²) >= 11 is 1.70. The molecule has 0 saturated heterocycles. The fourth-order valence-corrected chi connectivity index (χ4v) is 7.14. The van der Waals surface area contributed by atoms with E-state index in [1.165, 1.54) is 27.8 Å². The third-order valence-corrected chi connectivity index (χ3v) is 9.54. The van der Waals surface area contributed by atoms with Crippen molar-refractivity contribution in [3.63, 3.8) is 0 Å². The van der Waals surface area contributed by atoms with Crippen LogP contribution in [0.4, 0.5) is 0 Å². The molecule has 0 unspecified atom stereocenters. The summed E-state index contributed by atoms with van der Waals surface area (Å²) in [5.41, 5.74) is 10.9. The number of hydrogen-bond donors (Lipinski definition) is 0. The Labute approximate surface area is 301 Å². The molecular weight excluding hydrogens is 792 g/mol. The number of nitrogens with zero attached hydrogens (tertiary/aromatic N) is 4. The number of hydrogen-bond acceptors (Lipinski definition) is 4. The Balaban J connectivity index is 0.00000401. The first-order chi connectivity index (χ1) is 23.0. The number of ether oxygens (including phenoxy) is 1. The van der Waals surface area contributed by atoms with Gasteiger partial charge in [0.1, 0.15) is 5.82 Å². The van der Waals surface area contributed by atoms with Crippen LogP contribution in [0.3, 0.4) is 0 Å². The zero-order valence-electron chi connectivity index (χ0n) is 27.9. The van der Waals surface area contributed by atoms with E-state index in [4.69, 9.17) is 14.8 Å². The van der Waals surface area contributed by atoms with E-state index in [-0.39, 0.29) is 21.1 Å². The minimum absolute atomic E-state index is 0. The number of aromatic nitrogens is 4. The van der Waals surface area contributed by atoms with Crippen LogP contribution < -0.4 is 4.74 Å². The van der Waals surface area contributed by atoms with Crippen molar-refractivity contribution < 1.29 is 25.8 Å². The smallest absolute Gasteiger partial charge is 0.509 e. The van der Waals surface area contributed by atoms with Crippen molar-refractivity contribution in [2.24, 2.45) is 0 Å². The third kappa shape index (κ3) is 6.36. The van der Waals surface area contributed by atoms with Crippen molar-refractivity contribution in [3.8, 4) is 34.1 Å². The zero-order chi connectivity index (χ0) is 32.5. The molecule has 7 heteroatoms. The van der Waals surface area contributed by atoms with Crippen molar-refractivity contribution in [2.75, 3.05) is 6.26 Å². The van der Waals surface area contributed by atoms with E-state index in [2.05, 4.69) is 99.3 Å². The van der Waals surface area contributed by atoms with Gasteiger partial charge in [0.2, 0.25) is 0 Å². The topological polar surface area (TPSA) is 44.9 Å². The van der Waals surface area contributed by atoms with Gasteiger partial charge in [-0.2, -0.15) is 17.2 Å². The van der Waals surface area contributed by atoms with Crippen LogP contribution in [0.15, 0.2) is 96.3 Å². The van der Waals surface area contributed by atoms with E-state index in [1.54, 1.807) is 11.8 Å². The SMILES string of the molecule is CCCc1c(C)cc(C)c(CCC)c1-c1cnn(-c2[c-]c(Oc3[c-]c4c(cc3)c3ccccc3n4-c3cc(SC)ccn3)ccc2)c1.[Pt+2]. The number of fused-ring (bicyclic) bond motifs is 3. The van der Waals surface area contributed by atoms with Crippen LogP contribution in [-0.4, -0.2) is 25.6 Å². The Bertz CT molecular complexity index is 2200. The van der Waals surface area contributed by atoms with Gasteiger partial charge in [0.05, 0.1) is 6.20 Å². The molecule has 7 aromatic rings. The van der Waals surface area contributed by atoms with Gasteiger partial charge < -0.3 is 9.30 Å². The maximum absolute atomic E-state index is 6.42. The van der Waals surface area contributed by atoms with Gasteiger partial charge in [-0.1, -0.05) is 56.5 Å². The summed E-state index contributed by atoms with van der Waals surface area (Å²) in [7, 11) is 0. The molecule has 7 rings (SSSR count). The molecule has 0 radical (unpaired) electrons. The van der Waals surface area contributed by atoms with Crippen LogP contribution in [-0.2, 0) is 33.9 Å². The van der Waals surface area contributed by atoms with Gasteiger partial charge in [-0.15, -0.1) is 47.5 Å². The van der Waals surface area contributed by atoms with Crippen LogP contribution in [0.2, 0.25) is 0 Å². The number of rotatable bonds is 10. The quantitative estimate of drug-likeness (QED) is 0.102. The molecule has 244 valence electrons. The summed E-state index contributed by atoms with van der Waals surface area (Å²) in [5, 5.41) is 7.06. The molecule has 0 bridgehead atoms. The van der Waals surface area contributed by atoms with Crippen LogP contribution in [0, 0.1) is 26.0 Å². The minimum atomic E-state index is 0. The minimum Gasteiger partial charge on any atom is -0.509 e. The maximum atomic E-state index is 6.42. The normalized spacial score (nSPS) is 11.3. The van der Waals surface area contributed by atoms with Crippen molar-refractivity contribution >= 4 is 33.6 Å². The number of aryl methyl sites for hydroxylation is 2. The summed E-state index contributed by atoms with van der Waals surface area (Å²) in [6, 6.07) is 31.9. The van der Waals surface area contributed by atoms with E-state index in [0.717, 1.165) is 69.5 Å². The second-order valence-electron chi connectivity index (χ2n) is 12.0. The molecule has 0 spiro atoms. The summed E-state index contributed by atoms with van der Waals surface area (Å²) in [6.45, 7) is 8.98. The van der Waals surface area contributed by atoms with Gasteiger partial charge in [0, 0.05) is 39.9 Å². The van der Waals surface area contributed by atoms with Crippen molar-refractivity contribution in [2.45, 2.75) is 58.3 Å². The monoisotopic (exact) mass is 829 g/mol. The first kappa shape index (κ1) is 33.8. The van der Waals surface area contributed by atoms with E-state index in [9.17, 15) is 0 Å². The molecule has 5 nitrogen and oxygen atoms in total. The Morgan fingerprint density at radius 1 is 0.812 bits per heavy atom. The Morgan fingerprint density at radius 2 is 1.56 bits per heavy atom. The Kier molecular flexibility index (Phi) is 10.2. The van der Waals surface area contributed by atoms with E-state index in [1.807, 2.05) is 47.4 Å². The van der Waals surface area contributed by atoms with E-state index < -0.39 is 0 Å². The second kappa shape index (κ2) is 14.6. The van der Waals surface area contributed by atoms with Gasteiger partial charge in [0.25, 0.3) is 0 Å². The molecule has 3 heterocycles. The van der Waals surface area contributed by atoms with Crippen LogP contribution in [0.25, 0.3) is 44.4 Å². The molecule has 0 saturated carbocycles. The second-order valence-corrected chi connectivity index (χ2v) is 12.9. The van der Waals surface area contributed by atoms with Gasteiger partial charge in [-0.25, -0.2) is 4.98 Å². The molecular formula is C41H38N4OPtS. The zero-order valence-corrected chi connectivity index (χ0v) is 31.0. The van der Waals surface area contributed by atoms with Gasteiger partial charge in [-0.3, -0.25) is 4.68 Å². The average Bonchev–Trinajstić information content (AvgIpc) is 3.70. The first-order valence-electron chi connectivity index (χ1n) is 16.3. The van der Waals surface area contributed by atoms with Gasteiger partial charge in [0.15, 0.2) is 0 Å². The number of thioether (sulfide) groups is 1. The molecule has 0 amide bonds.